The minimum atomic E-state index is 0.0947. The summed E-state index contributed by atoms with van der Waals surface area (Å²) in [5, 5.41) is 3.85. The normalized spacial score (nSPS) is 17.8. The van der Waals surface area contributed by atoms with E-state index in [0.717, 1.165) is 24.2 Å². The first kappa shape index (κ1) is 16.9. The monoisotopic (exact) mass is 345 g/mol. The van der Waals surface area contributed by atoms with E-state index in [-0.39, 0.29) is 12.0 Å². The number of hydrogen-bond donors (Lipinski definition) is 0. The van der Waals surface area contributed by atoms with E-state index in [0.29, 0.717) is 19.7 Å². The lowest BCUT2D eigenvalue weighted by atomic mass is 10.1. The molecule has 2 aromatic heterocycles. The van der Waals surface area contributed by atoms with Crippen molar-refractivity contribution in [3.63, 3.8) is 0 Å². The Morgan fingerprint density at radius 3 is 3.08 bits per heavy atom. The molecule has 1 atom stereocenters. The lowest BCUT2D eigenvalue weighted by Gasteiger charge is -2.33. The number of nitrogens with zero attached hydrogens (tertiary/aromatic N) is 3. The van der Waals surface area contributed by atoms with Gasteiger partial charge < -0.3 is 14.5 Å². The van der Waals surface area contributed by atoms with Gasteiger partial charge in [-0.1, -0.05) is 0 Å². The zero-order chi connectivity index (χ0) is 16.9. The Morgan fingerprint density at radius 1 is 1.46 bits per heavy atom. The van der Waals surface area contributed by atoms with Crippen molar-refractivity contribution < 1.29 is 9.53 Å². The van der Waals surface area contributed by atoms with Gasteiger partial charge in [0.15, 0.2) is 0 Å². The maximum absolute atomic E-state index is 12.5. The molecule has 0 radical (unpaired) electrons. The predicted molar refractivity (Wildman–Crippen MR) is 96.8 cm³/mol. The molecule has 1 saturated heterocycles. The van der Waals surface area contributed by atoms with Crippen LogP contribution in [0.15, 0.2) is 35.2 Å². The molecule has 1 amide bonds. The summed E-state index contributed by atoms with van der Waals surface area (Å²) < 4.78 is 5.86. The lowest BCUT2D eigenvalue weighted by Crippen LogP contribution is -2.45. The predicted octanol–water partition coefficient (Wildman–Crippen LogP) is 2.68. The fraction of sp³-hybridized carbons (Fsp3) is 0.444. The molecule has 0 aliphatic carbocycles. The number of aromatic nitrogens is 1. The van der Waals surface area contributed by atoms with Crippen molar-refractivity contribution in [2.45, 2.75) is 18.9 Å². The van der Waals surface area contributed by atoms with Crippen molar-refractivity contribution in [3.05, 3.63) is 46.3 Å². The molecule has 0 saturated carbocycles. The fourth-order valence-corrected chi connectivity index (χ4v) is 3.47. The van der Waals surface area contributed by atoms with E-state index in [9.17, 15) is 4.79 Å². The maximum Gasteiger partial charge on any atom is 0.254 e. The molecule has 3 rings (SSSR count). The van der Waals surface area contributed by atoms with E-state index in [4.69, 9.17) is 4.74 Å². The molecule has 24 heavy (non-hydrogen) atoms. The molecule has 5 nitrogen and oxygen atoms in total. The molecule has 1 aliphatic heterocycles. The van der Waals surface area contributed by atoms with Gasteiger partial charge in [0.2, 0.25) is 0 Å². The van der Waals surface area contributed by atoms with Crippen LogP contribution in [0.4, 0.5) is 5.82 Å². The molecular weight excluding hydrogens is 322 g/mol. The van der Waals surface area contributed by atoms with Gasteiger partial charge in [-0.25, -0.2) is 4.98 Å². The van der Waals surface area contributed by atoms with Crippen molar-refractivity contribution in [2.24, 2.45) is 0 Å². The molecule has 3 heterocycles. The van der Waals surface area contributed by atoms with Crippen molar-refractivity contribution >= 4 is 23.1 Å². The van der Waals surface area contributed by atoms with Crippen LogP contribution >= 0.6 is 11.3 Å². The van der Waals surface area contributed by atoms with Crippen LogP contribution in [0.2, 0.25) is 0 Å². The molecule has 0 bridgehead atoms. The summed E-state index contributed by atoms with van der Waals surface area (Å²) in [5.41, 5.74) is 2.03. The van der Waals surface area contributed by atoms with Crippen LogP contribution in [-0.4, -0.2) is 55.7 Å². The summed E-state index contributed by atoms with van der Waals surface area (Å²) in [6, 6.07) is 6.04. The number of carbonyl (C=O) groups excluding carboxylic acids is 1. The second kappa shape index (κ2) is 7.77. The average molecular weight is 345 g/mol. The van der Waals surface area contributed by atoms with E-state index < -0.39 is 0 Å². The molecule has 0 spiro atoms. The SMILES string of the molecule is CN(C)c1cc(CC[C@@H]2CN(C(=O)c3ccsc3)CCO2)ccn1. The van der Waals surface area contributed by atoms with Gasteiger partial charge in [-0.05, 0) is 42.0 Å². The van der Waals surface area contributed by atoms with Gasteiger partial charge in [-0.3, -0.25) is 4.79 Å². The minimum absolute atomic E-state index is 0.0947. The third-order valence-corrected chi connectivity index (χ3v) is 4.90. The molecule has 0 N–H and O–H groups in total. The number of amides is 1. The summed E-state index contributed by atoms with van der Waals surface area (Å²) in [7, 11) is 3.98. The Hall–Kier alpha value is -1.92. The Bertz CT molecular complexity index is 673. The third kappa shape index (κ3) is 4.13. The standard InChI is InChI=1S/C18H23N3O2S/c1-20(2)17-11-14(5-7-19-17)3-4-16-12-21(8-9-23-16)18(22)15-6-10-24-13-15/h5-7,10-11,13,16H,3-4,8-9,12H2,1-2H3/t16-/m1/s1. The Morgan fingerprint density at radius 2 is 2.33 bits per heavy atom. The number of carbonyl (C=O) groups is 1. The summed E-state index contributed by atoms with van der Waals surface area (Å²) in [6.45, 7) is 1.95. The first-order valence-electron chi connectivity index (χ1n) is 8.19. The number of hydrogen-bond acceptors (Lipinski definition) is 5. The van der Waals surface area contributed by atoms with Crippen LogP contribution in [0.5, 0.6) is 0 Å². The largest absolute Gasteiger partial charge is 0.375 e. The highest BCUT2D eigenvalue weighted by atomic mass is 32.1. The molecule has 0 unspecified atom stereocenters. The topological polar surface area (TPSA) is 45.7 Å². The summed E-state index contributed by atoms with van der Waals surface area (Å²) in [5.74, 6) is 1.08. The maximum atomic E-state index is 12.5. The molecule has 2 aromatic rings. The van der Waals surface area contributed by atoms with Gasteiger partial charge in [0, 0.05) is 38.8 Å². The van der Waals surface area contributed by atoms with Crippen LogP contribution in [-0.2, 0) is 11.2 Å². The zero-order valence-corrected chi connectivity index (χ0v) is 15.0. The Kier molecular flexibility index (Phi) is 5.48. The van der Waals surface area contributed by atoms with Crippen LogP contribution in [0.25, 0.3) is 0 Å². The average Bonchev–Trinajstić information content (AvgIpc) is 3.14. The van der Waals surface area contributed by atoms with Gasteiger partial charge in [-0.15, -0.1) is 0 Å². The number of ether oxygens (including phenoxy) is 1. The van der Waals surface area contributed by atoms with Gasteiger partial charge in [0.25, 0.3) is 5.91 Å². The van der Waals surface area contributed by atoms with Gasteiger partial charge in [0.05, 0.1) is 18.3 Å². The first-order chi connectivity index (χ1) is 11.6. The summed E-state index contributed by atoms with van der Waals surface area (Å²) in [4.78, 5) is 20.7. The number of anilines is 1. The third-order valence-electron chi connectivity index (χ3n) is 4.22. The molecule has 1 aliphatic rings. The molecular formula is C18H23N3O2S. The van der Waals surface area contributed by atoms with E-state index in [1.165, 1.54) is 5.56 Å². The Labute approximate surface area is 146 Å². The number of thiophene rings is 1. The fourth-order valence-electron chi connectivity index (χ4n) is 2.84. The highest BCUT2D eigenvalue weighted by Crippen LogP contribution is 2.17. The molecule has 128 valence electrons. The van der Waals surface area contributed by atoms with Crippen molar-refractivity contribution in [1.82, 2.24) is 9.88 Å². The molecule has 1 fully saturated rings. The smallest absolute Gasteiger partial charge is 0.254 e. The number of rotatable bonds is 5. The van der Waals surface area contributed by atoms with Gasteiger partial charge >= 0.3 is 0 Å². The number of pyridine rings is 1. The second-order valence-electron chi connectivity index (χ2n) is 6.21. The number of aryl methyl sites for hydroxylation is 1. The first-order valence-corrected chi connectivity index (χ1v) is 9.13. The van der Waals surface area contributed by atoms with Gasteiger partial charge in [-0.2, -0.15) is 11.3 Å². The summed E-state index contributed by atoms with van der Waals surface area (Å²) in [6.07, 6.45) is 3.77. The van der Waals surface area contributed by atoms with E-state index in [2.05, 4.69) is 11.1 Å². The van der Waals surface area contributed by atoms with E-state index in [1.807, 2.05) is 53.0 Å². The van der Waals surface area contributed by atoms with Gasteiger partial charge in [0.1, 0.15) is 5.82 Å². The van der Waals surface area contributed by atoms with Crippen LogP contribution < -0.4 is 4.90 Å². The zero-order valence-electron chi connectivity index (χ0n) is 14.1. The van der Waals surface area contributed by atoms with E-state index >= 15 is 0 Å². The molecule has 6 heteroatoms. The van der Waals surface area contributed by atoms with E-state index in [1.54, 1.807) is 11.3 Å². The van der Waals surface area contributed by atoms with Crippen molar-refractivity contribution in [2.75, 3.05) is 38.7 Å². The minimum Gasteiger partial charge on any atom is -0.375 e. The van der Waals surface area contributed by atoms with Crippen molar-refractivity contribution in [1.29, 1.82) is 0 Å². The number of morpholine rings is 1. The second-order valence-corrected chi connectivity index (χ2v) is 6.99. The Balaban J connectivity index is 1.56. The van der Waals surface area contributed by atoms with Crippen LogP contribution in [0.1, 0.15) is 22.3 Å². The lowest BCUT2D eigenvalue weighted by molar-refractivity contribution is -0.0245. The highest BCUT2D eigenvalue weighted by molar-refractivity contribution is 7.08. The highest BCUT2D eigenvalue weighted by Gasteiger charge is 2.25. The van der Waals surface area contributed by atoms with Crippen molar-refractivity contribution in [3.8, 4) is 0 Å². The van der Waals surface area contributed by atoms with Crippen LogP contribution in [0, 0.1) is 0 Å². The van der Waals surface area contributed by atoms with Crippen LogP contribution in [0.3, 0.4) is 0 Å². The summed E-state index contributed by atoms with van der Waals surface area (Å²) >= 11 is 1.56. The molecule has 0 aromatic carbocycles. The quantitative estimate of drug-likeness (QED) is 0.836.